The molecule has 2 aromatic rings. The topological polar surface area (TPSA) is 82.2 Å². The smallest absolute Gasteiger partial charge is 0.243 e. The number of piperazine rings is 1. The van der Waals surface area contributed by atoms with Crippen LogP contribution in [-0.2, 0) is 14.8 Å². The average molecular weight is 461 g/mol. The maximum absolute atomic E-state index is 12.6. The normalized spacial score (nSPS) is 14.7. The molecule has 1 amide bonds. The molecular weight excluding hydrogens is 428 g/mol. The molecule has 3 rings (SSSR count). The van der Waals surface area contributed by atoms with Gasteiger partial charge >= 0.3 is 0 Å². The molecule has 0 unspecified atom stereocenters. The molecule has 1 N–H and O–H groups in total. The van der Waals surface area contributed by atoms with Gasteiger partial charge in [0.1, 0.15) is 5.75 Å². The fourth-order valence-electron chi connectivity index (χ4n) is 3.49. The first-order valence-electron chi connectivity index (χ1n) is 10.7. The summed E-state index contributed by atoms with van der Waals surface area (Å²) in [5.74, 6) is 0.849. The van der Waals surface area contributed by atoms with Crippen LogP contribution in [0.5, 0.6) is 5.75 Å². The summed E-state index contributed by atoms with van der Waals surface area (Å²) in [6.07, 6.45) is 0. The van der Waals surface area contributed by atoms with Crippen LogP contribution in [0, 0.1) is 0 Å². The summed E-state index contributed by atoms with van der Waals surface area (Å²) in [6.45, 7) is 6.69. The monoisotopic (exact) mass is 460 g/mol. The van der Waals surface area contributed by atoms with Gasteiger partial charge in [-0.3, -0.25) is 4.79 Å². The second-order valence-electron chi connectivity index (χ2n) is 8.06. The van der Waals surface area contributed by atoms with Crippen molar-refractivity contribution in [1.29, 1.82) is 0 Å². The van der Waals surface area contributed by atoms with Gasteiger partial charge in [0.25, 0.3) is 0 Å². The average Bonchev–Trinajstić information content (AvgIpc) is 2.82. The fraction of sp³-hybridized carbons (Fsp3) is 0.435. The molecule has 1 fully saturated rings. The van der Waals surface area contributed by atoms with Crippen molar-refractivity contribution in [3.63, 3.8) is 0 Å². The number of carbonyl (C=O) groups is 1. The number of rotatable bonds is 8. The van der Waals surface area contributed by atoms with Crippen LogP contribution in [0.15, 0.2) is 53.4 Å². The lowest BCUT2D eigenvalue weighted by molar-refractivity contribution is -0.129. The van der Waals surface area contributed by atoms with Crippen molar-refractivity contribution in [3.05, 3.63) is 48.5 Å². The van der Waals surface area contributed by atoms with E-state index in [-0.39, 0.29) is 23.4 Å². The zero-order valence-electron chi connectivity index (χ0n) is 19.1. The van der Waals surface area contributed by atoms with E-state index in [0.29, 0.717) is 18.8 Å². The quantitative estimate of drug-likeness (QED) is 0.652. The van der Waals surface area contributed by atoms with E-state index >= 15 is 0 Å². The lowest BCUT2D eigenvalue weighted by atomic mass is 10.2. The summed E-state index contributed by atoms with van der Waals surface area (Å²) in [4.78, 5) is 17.0. The fourth-order valence-corrected chi connectivity index (χ4v) is 4.85. The summed E-state index contributed by atoms with van der Waals surface area (Å²) >= 11 is 0. The Balaban J connectivity index is 1.50. The second kappa shape index (κ2) is 10.2. The van der Waals surface area contributed by atoms with Crippen LogP contribution in [0.4, 0.5) is 11.4 Å². The molecule has 0 aromatic heterocycles. The summed E-state index contributed by atoms with van der Waals surface area (Å²) < 4.78 is 31.6. The summed E-state index contributed by atoms with van der Waals surface area (Å²) in [5.41, 5.74) is 1.83. The minimum atomic E-state index is -3.52. The van der Waals surface area contributed by atoms with E-state index in [1.54, 1.807) is 38.4 Å². The SMILES string of the molecule is COc1ccc(N2CCN(C(=O)CNc3ccc(S(=O)(=O)N(C)C(C)C)cc3)CC2)cc1. The van der Waals surface area contributed by atoms with Gasteiger partial charge in [-0.1, -0.05) is 0 Å². The Morgan fingerprint density at radius 2 is 1.62 bits per heavy atom. The third-order valence-corrected chi connectivity index (χ3v) is 7.82. The lowest BCUT2D eigenvalue weighted by Crippen LogP contribution is -2.50. The third-order valence-electron chi connectivity index (χ3n) is 5.77. The van der Waals surface area contributed by atoms with Crippen LogP contribution in [0.2, 0.25) is 0 Å². The summed E-state index contributed by atoms with van der Waals surface area (Å²) in [6, 6.07) is 14.3. The van der Waals surface area contributed by atoms with Gasteiger partial charge in [0.15, 0.2) is 0 Å². The number of nitrogens with zero attached hydrogens (tertiary/aromatic N) is 3. The van der Waals surface area contributed by atoms with Crippen LogP contribution in [-0.4, -0.2) is 76.5 Å². The number of hydrogen-bond donors (Lipinski definition) is 1. The maximum atomic E-state index is 12.6. The van der Waals surface area contributed by atoms with Gasteiger partial charge in [-0.2, -0.15) is 4.31 Å². The predicted octanol–water partition coefficient (Wildman–Crippen LogP) is 2.48. The Morgan fingerprint density at radius 1 is 1.03 bits per heavy atom. The van der Waals surface area contributed by atoms with Crippen molar-refractivity contribution in [1.82, 2.24) is 9.21 Å². The van der Waals surface area contributed by atoms with Crippen LogP contribution in [0.25, 0.3) is 0 Å². The Kier molecular flexibility index (Phi) is 7.63. The van der Waals surface area contributed by atoms with Crippen molar-refractivity contribution >= 4 is 27.3 Å². The molecule has 0 spiro atoms. The number of carbonyl (C=O) groups excluding carboxylic acids is 1. The van der Waals surface area contributed by atoms with E-state index in [2.05, 4.69) is 10.2 Å². The van der Waals surface area contributed by atoms with E-state index in [0.717, 1.165) is 24.5 Å². The van der Waals surface area contributed by atoms with Crippen LogP contribution in [0.1, 0.15) is 13.8 Å². The van der Waals surface area contributed by atoms with Gasteiger partial charge < -0.3 is 19.9 Å². The predicted molar refractivity (Wildman–Crippen MR) is 127 cm³/mol. The van der Waals surface area contributed by atoms with Crippen molar-refractivity contribution < 1.29 is 17.9 Å². The summed E-state index contributed by atoms with van der Waals surface area (Å²) in [7, 11) is -0.300. The molecular formula is C23H32N4O4S. The first kappa shape index (κ1) is 23.9. The molecule has 9 heteroatoms. The van der Waals surface area contributed by atoms with Gasteiger partial charge in [-0.15, -0.1) is 0 Å². The standard InChI is InChI=1S/C23H32N4O4S/c1-18(2)25(3)32(29,30)22-11-5-19(6-12-22)24-17-23(28)27-15-13-26(14-16-27)20-7-9-21(31-4)10-8-20/h5-12,18,24H,13-17H2,1-4H3. The van der Waals surface area contributed by atoms with Crippen LogP contribution >= 0.6 is 0 Å². The van der Waals surface area contributed by atoms with Gasteiger partial charge in [0.05, 0.1) is 18.6 Å². The number of nitrogens with one attached hydrogen (secondary N) is 1. The van der Waals surface area contributed by atoms with E-state index in [4.69, 9.17) is 4.74 Å². The number of amides is 1. The molecule has 0 bridgehead atoms. The minimum Gasteiger partial charge on any atom is -0.497 e. The third kappa shape index (κ3) is 5.52. The van der Waals surface area contributed by atoms with Crippen molar-refractivity contribution in [3.8, 4) is 5.75 Å². The lowest BCUT2D eigenvalue weighted by Gasteiger charge is -2.36. The number of methoxy groups -OCH3 is 1. The summed E-state index contributed by atoms with van der Waals surface area (Å²) in [5, 5.41) is 3.10. The van der Waals surface area contributed by atoms with Crippen molar-refractivity contribution in [2.24, 2.45) is 0 Å². The molecule has 0 aliphatic carbocycles. The van der Waals surface area contributed by atoms with Crippen LogP contribution < -0.4 is 15.0 Å². The molecule has 1 saturated heterocycles. The zero-order valence-corrected chi connectivity index (χ0v) is 19.9. The molecule has 1 aliphatic heterocycles. The molecule has 174 valence electrons. The first-order valence-corrected chi connectivity index (χ1v) is 12.1. The van der Waals surface area contributed by atoms with Crippen molar-refractivity contribution in [2.45, 2.75) is 24.8 Å². The Hall–Kier alpha value is -2.78. The molecule has 1 heterocycles. The minimum absolute atomic E-state index is 0.0237. The van der Waals surface area contributed by atoms with E-state index in [1.165, 1.54) is 4.31 Å². The van der Waals surface area contributed by atoms with Gasteiger partial charge in [-0.25, -0.2) is 8.42 Å². The maximum Gasteiger partial charge on any atom is 0.243 e. The van der Waals surface area contributed by atoms with Crippen molar-refractivity contribution in [2.75, 3.05) is 57.1 Å². The largest absolute Gasteiger partial charge is 0.497 e. The Morgan fingerprint density at radius 3 is 2.16 bits per heavy atom. The highest BCUT2D eigenvalue weighted by atomic mass is 32.2. The Bertz CT molecular complexity index is 999. The Labute approximate surface area is 190 Å². The molecule has 2 aromatic carbocycles. The molecule has 32 heavy (non-hydrogen) atoms. The van der Waals surface area contributed by atoms with E-state index in [9.17, 15) is 13.2 Å². The second-order valence-corrected chi connectivity index (χ2v) is 10.1. The highest BCUT2D eigenvalue weighted by molar-refractivity contribution is 7.89. The molecule has 8 nitrogen and oxygen atoms in total. The molecule has 0 radical (unpaired) electrons. The van der Waals surface area contributed by atoms with Gasteiger partial charge in [0.2, 0.25) is 15.9 Å². The number of sulfonamides is 1. The highest BCUT2D eigenvalue weighted by Crippen LogP contribution is 2.21. The first-order chi connectivity index (χ1) is 15.2. The molecule has 0 saturated carbocycles. The molecule has 1 aliphatic rings. The molecule has 0 atom stereocenters. The van der Waals surface area contributed by atoms with Gasteiger partial charge in [-0.05, 0) is 62.4 Å². The number of benzene rings is 2. The zero-order chi connectivity index (χ0) is 23.3. The number of ether oxygens (including phenoxy) is 1. The van der Waals surface area contributed by atoms with Gasteiger partial charge in [0, 0.05) is 50.6 Å². The highest BCUT2D eigenvalue weighted by Gasteiger charge is 2.23. The number of hydrogen-bond acceptors (Lipinski definition) is 6. The van der Waals surface area contributed by atoms with E-state index in [1.807, 2.05) is 43.0 Å². The number of anilines is 2. The van der Waals surface area contributed by atoms with E-state index < -0.39 is 10.0 Å². The van der Waals surface area contributed by atoms with Crippen LogP contribution in [0.3, 0.4) is 0 Å².